The molecule has 4 rings (SSSR count). The summed E-state index contributed by atoms with van der Waals surface area (Å²) in [5, 5.41) is 7.30. The number of rotatable bonds is 8. The number of fused-ring (bicyclic) bond motifs is 1. The highest BCUT2D eigenvalue weighted by atomic mass is 16.5. The normalized spacial score (nSPS) is 10.8. The number of benzene rings is 2. The molecule has 0 aliphatic carbocycles. The van der Waals surface area contributed by atoms with Crippen molar-refractivity contribution in [3.05, 3.63) is 71.9 Å². The molecule has 0 radical (unpaired) electrons. The molecule has 0 saturated heterocycles. The number of aromatic nitrogens is 3. The van der Waals surface area contributed by atoms with Crippen LogP contribution in [-0.2, 0) is 0 Å². The molecule has 0 bridgehead atoms. The molecular weight excluding hydrogens is 406 g/mol. The number of nitrogens with zero attached hydrogens (tertiary/aromatic N) is 3. The number of nitrogen functional groups attached to an aromatic ring is 1. The Morgan fingerprint density at radius 1 is 1.12 bits per heavy atom. The average molecular weight is 431 g/mol. The van der Waals surface area contributed by atoms with Gasteiger partial charge in [-0.2, -0.15) is 0 Å². The second kappa shape index (κ2) is 9.38. The Kier molecular flexibility index (Phi) is 6.21. The largest absolute Gasteiger partial charge is 0.494 e. The highest BCUT2D eigenvalue weighted by Crippen LogP contribution is 2.27. The van der Waals surface area contributed by atoms with Crippen LogP contribution in [0.5, 0.6) is 17.4 Å². The topological polar surface area (TPSA) is 104 Å². The van der Waals surface area contributed by atoms with Gasteiger partial charge >= 0.3 is 0 Å². The van der Waals surface area contributed by atoms with Crippen LogP contribution in [0.15, 0.2) is 60.8 Å². The first-order chi connectivity index (χ1) is 15.5. The van der Waals surface area contributed by atoms with Gasteiger partial charge in [0.1, 0.15) is 17.3 Å². The minimum absolute atomic E-state index is 0.223. The Morgan fingerprint density at radius 2 is 2.00 bits per heavy atom. The molecule has 164 valence electrons. The molecule has 3 N–H and O–H groups in total. The van der Waals surface area contributed by atoms with Crippen LogP contribution >= 0.6 is 0 Å². The van der Waals surface area contributed by atoms with E-state index in [1.807, 2.05) is 31.2 Å². The zero-order valence-electron chi connectivity index (χ0n) is 18.0. The molecule has 0 atom stereocenters. The summed E-state index contributed by atoms with van der Waals surface area (Å²) in [6, 6.07) is 16.1. The number of hydrogen-bond donors (Lipinski definition) is 2. The summed E-state index contributed by atoms with van der Waals surface area (Å²) < 4.78 is 13.1. The Hall–Kier alpha value is -4.07. The predicted molar refractivity (Wildman–Crippen MR) is 123 cm³/mol. The van der Waals surface area contributed by atoms with Gasteiger partial charge in [-0.05, 0) is 49.2 Å². The summed E-state index contributed by atoms with van der Waals surface area (Å²) >= 11 is 0. The zero-order valence-corrected chi connectivity index (χ0v) is 18.0. The standard InChI is InChI=1S/C24H25N5O3/c1-3-4-12-31-18-7-5-6-17(13-18)24(30)26-20-14-19(9-8-16(20)2)32-23-11-10-22-27-21(25)15-29(22)28-23/h5-11,13-15H,3-4,12,25H2,1-2H3,(H,26,30). The van der Waals surface area contributed by atoms with Crippen LogP contribution in [-0.4, -0.2) is 27.1 Å². The molecular formula is C24H25N5O3. The van der Waals surface area contributed by atoms with Crippen molar-refractivity contribution < 1.29 is 14.3 Å². The van der Waals surface area contributed by atoms with Crippen LogP contribution < -0.4 is 20.5 Å². The van der Waals surface area contributed by atoms with E-state index in [1.165, 1.54) is 0 Å². The van der Waals surface area contributed by atoms with Gasteiger partial charge < -0.3 is 20.5 Å². The third-order valence-electron chi connectivity index (χ3n) is 4.86. The molecule has 8 heteroatoms. The number of nitrogens with two attached hydrogens (primary N) is 1. The minimum atomic E-state index is -0.223. The maximum atomic E-state index is 12.8. The SMILES string of the molecule is CCCCOc1cccc(C(=O)Nc2cc(Oc3ccc4nc(N)cn4n3)ccc2C)c1. The predicted octanol–water partition coefficient (Wildman–Crippen LogP) is 4.84. The first kappa shape index (κ1) is 21.2. The van der Waals surface area contributed by atoms with Crippen LogP contribution in [0.3, 0.4) is 0 Å². The number of aryl methyl sites for hydroxylation is 1. The zero-order chi connectivity index (χ0) is 22.5. The van der Waals surface area contributed by atoms with Crippen LogP contribution in [0.25, 0.3) is 5.65 Å². The van der Waals surface area contributed by atoms with Gasteiger partial charge in [-0.3, -0.25) is 4.79 Å². The molecule has 0 saturated carbocycles. The maximum Gasteiger partial charge on any atom is 0.255 e. The van der Waals surface area contributed by atoms with Crippen molar-refractivity contribution in [2.24, 2.45) is 0 Å². The maximum absolute atomic E-state index is 12.8. The lowest BCUT2D eigenvalue weighted by Crippen LogP contribution is -2.13. The molecule has 0 aliphatic rings. The van der Waals surface area contributed by atoms with Crippen molar-refractivity contribution in [2.75, 3.05) is 17.7 Å². The van der Waals surface area contributed by atoms with Gasteiger partial charge in [0.25, 0.3) is 5.91 Å². The van der Waals surface area contributed by atoms with Crippen molar-refractivity contribution in [3.8, 4) is 17.4 Å². The van der Waals surface area contributed by atoms with E-state index in [2.05, 4.69) is 22.3 Å². The number of carbonyl (C=O) groups excluding carboxylic acids is 1. The first-order valence-corrected chi connectivity index (χ1v) is 10.5. The molecule has 4 aromatic rings. The van der Waals surface area contributed by atoms with Gasteiger partial charge in [-0.25, -0.2) is 9.50 Å². The fourth-order valence-corrected chi connectivity index (χ4v) is 3.11. The van der Waals surface area contributed by atoms with Crippen LogP contribution in [0.4, 0.5) is 11.5 Å². The Balaban J connectivity index is 1.48. The smallest absolute Gasteiger partial charge is 0.255 e. The summed E-state index contributed by atoms with van der Waals surface area (Å²) in [6.07, 6.45) is 3.64. The second-order valence-electron chi connectivity index (χ2n) is 7.40. The number of amides is 1. The third kappa shape index (κ3) is 4.97. The average Bonchev–Trinajstić information content (AvgIpc) is 3.16. The van der Waals surface area contributed by atoms with Crippen molar-refractivity contribution in [2.45, 2.75) is 26.7 Å². The third-order valence-corrected chi connectivity index (χ3v) is 4.86. The summed E-state index contributed by atoms with van der Waals surface area (Å²) in [5.41, 5.74) is 8.42. The molecule has 2 aromatic carbocycles. The highest BCUT2D eigenvalue weighted by Gasteiger charge is 2.11. The van der Waals surface area contributed by atoms with Crippen LogP contribution in [0, 0.1) is 6.92 Å². The molecule has 32 heavy (non-hydrogen) atoms. The molecule has 8 nitrogen and oxygen atoms in total. The number of nitrogens with one attached hydrogen (secondary N) is 1. The molecule has 0 aliphatic heterocycles. The monoisotopic (exact) mass is 431 g/mol. The Bertz CT molecular complexity index is 1250. The van der Waals surface area contributed by atoms with Gasteiger partial charge in [-0.1, -0.05) is 25.5 Å². The van der Waals surface area contributed by atoms with E-state index in [-0.39, 0.29) is 5.91 Å². The first-order valence-electron chi connectivity index (χ1n) is 10.5. The summed E-state index contributed by atoms with van der Waals surface area (Å²) in [6.45, 7) is 4.66. The van der Waals surface area contributed by atoms with Gasteiger partial charge in [-0.15, -0.1) is 5.10 Å². The summed E-state index contributed by atoms with van der Waals surface area (Å²) in [4.78, 5) is 17.0. The molecule has 0 unspecified atom stereocenters. The number of anilines is 2. The minimum Gasteiger partial charge on any atom is -0.494 e. The quantitative estimate of drug-likeness (QED) is 0.387. The van der Waals surface area contributed by atoms with Crippen LogP contribution in [0.2, 0.25) is 0 Å². The van der Waals surface area contributed by atoms with Crippen LogP contribution in [0.1, 0.15) is 35.7 Å². The van der Waals surface area contributed by atoms with E-state index < -0.39 is 0 Å². The van der Waals surface area contributed by atoms with Gasteiger partial charge in [0.05, 0.1) is 12.8 Å². The van der Waals surface area contributed by atoms with Crippen molar-refractivity contribution in [1.29, 1.82) is 0 Å². The Labute approximate surface area is 186 Å². The number of imidazole rings is 1. The highest BCUT2D eigenvalue weighted by molar-refractivity contribution is 6.05. The van der Waals surface area contributed by atoms with Crippen molar-refractivity contribution in [3.63, 3.8) is 0 Å². The second-order valence-corrected chi connectivity index (χ2v) is 7.40. The lowest BCUT2D eigenvalue weighted by molar-refractivity contribution is 0.102. The van der Waals surface area contributed by atoms with E-state index in [0.29, 0.717) is 46.7 Å². The molecule has 2 heterocycles. The molecule has 2 aromatic heterocycles. The Morgan fingerprint density at radius 3 is 2.84 bits per heavy atom. The summed E-state index contributed by atoms with van der Waals surface area (Å²) in [5.74, 6) is 1.77. The van der Waals surface area contributed by atoms with Gasteiger partial charge in [0, 0.05) is 23.4 Å². The van der Waals surface area contributed by atoms with Crippen molar-refractivity contribution in [1.82, 2.24) is 14.6 Å². The summed E-state index contributed by atoms with van der Waals surface area (Å²) in [7, 11) is 0. The number of ether oxygens (including phenoxy) is 2. The van der Waals surface area contributed by atoms with Gasteiger partial charge in [0.15, 0.2) is 5.65 Å². The van der Waals surface area contributed by atoms with E-state index in [9.17, 15) is 4.79 Å². The number of hydrogen-bond acceptors (Lipinski definition) is 6. The number of carbonyl (C=O) groups is 1. The van der Waals surface area contributed by atoms with E-state index >= 15 is 0 Å². The molecule has 0 spiro atoms. The van der Waals surface area contributed by atoms with Gasteiger partial charge in [0.2, 0.25) is 5.88 Å². The number of unbranched alkanes of at least 4 members (excludes halogenated alkanes) is 1. The van der Waals surface area contributed by atoms with E-state index in [0.717, 1.165) is 18.4 Å². The fraction of sp³-hybridized carbons (Fsp3) is 0.208. The van der Waals surface area contributed by atoms with Crippen molar-refractivity contribution >= 4 is 23.1 Å². The lowest BCUT2D eigenvalue weighted by atomic mass is 10.1. The molecule has 0 fully saturated rings. The fourth-order valence-electron chi connectivity index (χ4n) is 3.11. The lowest BCUT2D eigenvalue weighted by Gasteiger charge is -2.12. The molecule has 1 amide bonds. The van der Waals surface area contributed by atoms with E-state index in [4.69, 9.17) is 15.2 Å². The van der Waals surface area contributed by atoms with E-state index in [1.54, 1.807) is 41.0 Å².